The number of hydrogen-bond acceptors (Lipinski definition) is 6. The molecule has 0 bridgehead atoms. The van der Waals surface area contributed by atoms with Gasteiger partial charge in [0.05, 0.1) is 0 Å². The van der Waals surface area contributed by atoms with Crippen LogP contribution in [0.1, 0.15) is 74.8 Å². The normalized spacial score (nSPS) is 10.7. The summed E-state index contributed by atoms with van der Waals surface area (Å²) in [4.78, 5) is 52.6. The second kappa shape index (κ2) is 15.6. The van der Waals surface area contributed by atoms with Crippen LogP contribution in [0.4, 0.5) is 0 Å². The van der Waals surface area contributed by atoms with Crippen LogP contribution in [0.2, 0.25) is 0 Å². The molecule has 0 heterocycles. The van der Waals surface area contributed by atoms with Gasteiger partial charge in [0.15, 0.2) is 23.1 Å². The molecule has 0 saturated heterocycles. The number of rotatable bonds is 12. The molecule has 0 aliphatic rings. The minimum atomic E-state index is -0.210. The summed E-state index contributed by atoms with van der Waals surface area (Å²) in [6.07, 6.45) is 0. The summed E-state index contributed by atoms with van der Waals surface area (Å²) in [5.74, 6) is 1.68. The Kier molecular flexibility index (Phi) is 10.2. The molecular formula is C48H34O6. The zero-order valence-corrected chi connectivity index (χ0v) is 29.6. The van der Waals surface area contributed by atoms with Crippen molar-refractivity contribution in [3.05, 3.63) is 225 Å². The third-order valence-corrected chi connectivity index (χ3v) is 8.95. The van der Waals surface area contributed by atoms with Crippen molar-refractivity contribution in [2.45, 2.75) is 13.8 Å². The Morgan fingerprint density at radius 1 is 0.296 bits per heavy atom. The lowest BCUT2D eigenvalue weighted by Crippen LogP contribution is -2.06. The average molecular weight is 707 g/mol. The van der Waals surface area contributed by atoms with Crippen molar-refractivity contribution in [1.29, 1.82) is 0 Å². The van der Waals surface area contributed by atoms with Crippen molar-refractivity contribution >= 4 is 23.1 Å². The summed E-state index contributed by atoms with van der Waals surface area (Å²) in [7, 11) is 0. The summed E-state index contributed by atoms with van der Waals surface area (Å²) in [6.45, 7) is 3.97. The fourth-order valence-corrected chi connectivity index (χ4v) is 5.85. The molecule has 0 atom stereocenters. The minimum absolute atomic E-state index is 0.144. The second-order valence-electron chi connectivity index (χ2n) is 12.9. The highest BCUT2D eigenvalue weighted by Gasteiger charge is 2.16. The standard InChI is InChI=1S/C48H34O6/c1-31-6-10-33(11-7-31)47(51)39-4-3-5-40(30-39)48(52)38-20-28-44(29-21-38)54-43-26-18-37(19-27-43)46(50)35-14-12-34(13-15-35)45(49)36-16-24-42(25-17-36)53-41-22-8-32(2)9-23-41/h3-30H,1-2H3. The van der Waals surface area contributed by atoms with E-state index < -0.39 is 0 Å². The van der Waals surface area contributed by atoms with Crippen molar-refractivity contribution in [2.75, 3.05) is 0 Å². The molecule has 0 unspecified atom stereocenters. The van der Waals surface area contributed by atoms with Crippen LogP contribution < -0.4 is 9.47 Å². The van der Waals surface area contributed by atoms with E-state index in [0.717, 1.165) is 16.9 Å². The first-order valence-corrected chi connectivity index (χ1v) is 17.4. The Morgan fingerprint density at radius 3 is 0.833 bits per heavy atom. The van der Waals surface area contributed by atoms with Crippen LogP contribution in [0.25, 0.3) is 0 Å². The van der Waals surface area contributed by atoms with Crippen molar-refractivity contribution in [3.8, 4) is 23.0 Å². The fraction of sp³-hybridized carbons (Fsp3) is 0.0417. The van der Waals surface area contributed by atoms with Gasteiger partial charge in [0.25, 0.3) is 0 Å². The van der Waals surface area contributed by atoms with Crippen molar-refractivity contribution in [1.82, 2.24) is 0 Å². The summed E-state index contributed by atoms with van der Waals surface area (Å²) >= 11 is 0. The molecule has 0 spiro atoms. The molecule has 0 fully saturated rings. The first kappa shape index (κ1) is 35.2. The number of carbonyl (C=O) groups is 4. The maximum absolute atomic E-state index is 13.3. The topological polar surface area (TPSA) is 86.7 Å². The number of ketones is 4. The number of ether oxygens (including phenoxy) is 2. The largest absolute Gasteiger partial charge is 0.457 e. The highest BCUT2D eigenvalue weighted by molar-refractivity contribution is 6.13. The van der Waals surface area contributed by atoms with Gasteiger partial charge in [-0.3, -0.25) is 19.2 Å². The number of hydrogen-bond donors (Lipinski definition) is 0. The Balaban J connectivity index is 0.945. The molecule has 7 aromatic carbocycles. The molecule has 54 heavy (non-hydrogen) atoms. The molecule has 0 aliphatic carbocycles. The van der Waals surface area contributed by atoms with E-state index >= 15 is 0 Å². The zero-order valence-electron chi connectivity index (χ0n) is 29.6. The molecule has 0 aromatic heterocycles. The Labute approximate surface area is 313 Å². The average Bonchev–Trinajstić information content (AvgIpc) is 3.22. The molecule has 0 saturated carbocycles. The van der Waals surface area contributed by atoms with Crippen molar-refractivity contribution in [2.24, 2.45) is 0 Å². The molecular weight excluding hydrogens is 673 g/mol. The van der Waals surface area contributed by atoms with Gasteiger partial charge in [-0.25, -0.2) is 0 Å². The smallest absolute Gasteiger partial charge is 0.193 e. The number of carbonyl (C=O) groups excluding carboxylic acids is 4. The molecule has 7 aromatic rings. The van der Waals surface area contributed by atoms with Gasteiger partial charge in [-0.05, 0) is 105 Å². The SMILES string of the molecule is Cc1ccc(Oc2ccc(C(=O)c3ccc(C(=O)c4ccc(Oc5ccc(C(=O)c6cccc(C(=O)c7ccc(C)cc7)c6)cc5)cc4)cc3)cc2)cc1. The van der Waals surface area contributed by atoms with Gasteiger partial charge >= 0.3 is 0 Å². The van der Waals surface area contributed by atoms with Gasteiger partial charge in [0.2, 0.25) is 0 Å². The van der Waals surface area contributed by atoms with Crippen LogP contribution in [0.3, 0.4) is 0 Å². The van der Waals surface area contributed by atoms with Gasteiger partial charge in [-0.2, -0.15) is 0 Å². The first-order valence-electron chi connectivity index (χ1n) is 17.4. The van der Waals surface area contributed by atoms with Crippen molar-refractivity contribution in [3.63, 3.8) is 0 Å². The van der Waals surface area contributed by atoms with Crippen LogP contribution >= 0.6 is 0 Å². The quantitative estimate of drug-likeness (QED) is 0.118. The van der Waals surface area contributed by atoms with Crippen LogP contribution in [0, 0.1) is 13.8 Å². The predicted molar refractivity (Wildman–Crippen MR) is 208 cm³/mol. The predicted octanol–water partition coefficient (Wildman–Crippen LogP) is 10.8. The molecule has 6 nitrogen and oxygen atoms in total. The van der Waals surface area contributed by atoms with Gasteiger partial charge in [0, 0.05) is 44.5 Å². The molecule has 0 amide bonds. The van der Waals surface area contributed by atoms with Crippen LogP contribution in [-0.2, 0) is 0 Å². The van der Waals surface area contributed by atoms with Gasteiger partial charge in [0.1, 0.15) is 23.0 Å². The van der Waals surface area contributed by atoms with Gasteiger partial charge < -0.3 is 9.47 Å². The lowest BCUT2D eigenvalue weighted by molar-refractivity contribution is 0.102. The molecule has 6 heteroatoms. The van der Waals surface area contributed by atoms with E-state index in [2.05, 4.69) is 0 Å². The van der Waals surface area contributed by atoms with E-state index in [0.29, 0.717) is 61.8 Å². The second-order valence-corrected chi connectivity index (χ2v) is 12.9. The lowest BCUT2D eigenvalue weighted by Gasteiger charge is -2.09. The third-order valence-electron chi connectivity index (χ3n) is 8.95. The minimum Gasteiger partial charge on any atom is -0.457 e. The maximum atomic E-state index is 13.3. The fourth-order valence-electron chi connectivity index (χ4n) is 5.85. The van der Waals surface area contributed by atoms with Gasteiger partial charge in [-0.1, -0.05) is 90.0 Å². The third kappa shape index (κ3) is 8.14. The molecule has 7 rings (SSSR count). The monoisotopic (exact) mass is 706 g/mol. The molecule has 0 aliphatic heterocycles. The van der Waals surface area contributed by atoms with Crippen molar-refractivity contribution < 1.29 is 28.7 Å². The van der Waals surface area contributed by atoms with Crippen LogP contribution in [0.15, 0.2) is 170 Å². The summed E-state index contributed by atoms with van der Waals surface area (Å²) in [6, 6.07) is 48.9. The zero-order chi connectivity index (χ0) is 37.6. The number of aryl methyl sites for hydroxylation is 2. The summed E-state index contributed by atoms with van der Waals surface area (Å²) < 4.78 is 11.8. The summed E-state index contributed by atoms with van der Waals surface area (Å²) in [5.41, 5.74) is 5.99. The Morgan fingerprint density at radius 2 is 0.519 bits per heavy atom. The highest BCUT2D eigenvalue weighted by Crippen LogP contribution is 2.26. The lowest BCUT2D eigenvalue weighted by atomic mass is 9.97. The maximum Gasteiger partial charge on any atom is 0.193 e. The Bertz CT molecular complexity index is 2460. The Hall–Kier alpha value is -7.18. The van der Waals surface area contributed by atoms with E-state index in [-0.39, 0.29) is 23.1 Å². The van der Waals surface area contributed by atoms with E-state index in [1.807, 2.05) is 50.2 Å². The molecule has 0 N–H and O–H groups in total. The van der Waals surface area contributed by atoms with E-state index in [4.69, 9.17) is 9.47 Å². The van der Waals surface area contributed by atoms with Gasteiger partial charge in [-0.15, -0.1) is 0 Å². The highest BCUT2D eigenvalue weighted by atomic mass is 16.5. The molecule has 0 radical (unpaired) electrons. The first-order chi connectivity index (χ1) is 26.2. The number of benzene rings is 7. The molecule has 262 valence electrons. The van der Waals surface area contributed by atoms with E-state index in [1.54, 1.807) is 133 Å². The summed E-state index contributed by atoms with van der Waals surface area (Å²) in [5, 5.41) is 0. The van der Waals surface area contributed by atoms with E-state index in [9.17, 15) is 19.2 Å². The van der Waals surface area contributed by atoms with E-state index in [1.165, 1.54) is 0 Å². The van der Waals surface area contributed by atoms with Crippen LogP contribution in [-0.4, -0.2) is 23.1 Å². The van der Waals surface area contributed by atoms with Crippen LogP contribution in [0.5, 0.6) is 23.0 Å².